The molecule has 0 aliphatic heterocycles. The molecule has 0 aliphatic rings. The van der Waals surface area contributed by atoms with Gasteiger partial charge in [-0.05, 0) is 27.7 Å². The molecular weight excluding hydrogens is 453 g/mol. The Hall–Kier alpha value is -0.740. The molecule has 2 N–H and O–H groups in total. The maximum Gasteiger partial charge on any atom is 0.191 e. The van der Waals surface area contributed by atoms with E-state index < -0.39 is 0 Å². The molecule has 2 heterocycles. The number of hydrogen-bond acceptors (Lipinski definition) is 5. The molecule has 0 aliphatic carbocycles. The summed E-state index contributed by atoms with van der Waals surface area (Å²) in [7, 11) is 0. The second-order valence-electron chi connectivity index (χ2n) is 5.29. The summed E-state index contributed by atoms with van der Waals surface area (Å²) in [5.74, 6) is 0.873. The molecule has 0 spiro atoms. The van der Waals surface area contributed by atoms with Gasteiger partial charge in [-0.2, -0.15) is 0 Å². The average Bonchev–Trinajstić information content (AvgIpc) is 3.04. The molecule has 0 aromatic carbocycles. The van der Waals surface area contributed by atoms with Gasteiger partial charge in [0, 0.05) is 42.7 Å². The summed E-state index contributed by atoms with van der Waals surface area (Å²) in [4.78, 5) is 14.9. The molecule has 8 heteroatoms. The molecule has 24 heavy (non-hydrogen) atoms. The van der Waals surface area contributed by atoms with Gasteiger partial charge in [-0.1, -0.05) is 0 Å². The first-order chi connectivity index (χ1) is 11.1. The lowest BCUT2D eigenvalue weighted by Crippen LogP contribution is -2.38. The van der Waals surface area contributed by atoms with E-state index in [1.165, 1.54) is 4.88 Å². The molecule has 2 rings (SSSR count). The van der Waals surface area contributed by atoms with E-state index in [9.17, 15) is 0 Å². The molecule has 0 fully saturated rings. The molecule has 0 atom stereocenters. The van der Waals surface area contributed by atoms with Crippen molar-refractivity contribution in [2.24, 2.45) is 4.99 Å². The maximum absolute atomic E-state index is 4.65. The molecule has 2 aromatic rings. The predicted octanol–water partition coefficient (Wildman–Crippen LogP) is 3.48. The van der Waals surface area contributed by atoms with Crippen LogP contribution in [0, 0.1) is 20.8 Å². The quantitative estimate of drug-likeness (QED) is 0.363. The van der Waals surface area contributed by atoms with Crippen molar-refractivity contribution in [3.05, 3.63) is 31.7 Å². The summed E-state index contributed by atoms with van der Waals surface area (Å²) in [5, 5.41) is 11.0. The summed E-state index contributed by atoms with van der Waals surface area (Å²) in [6.45, 7) is 10.7. The predicted molar refractivity (Wildman–Crippen MR) is 115 cm³/mol. The molecular formula is C16H26IN5S2. The van der Waals surface area contributed by atoms with Gasteiger partial charge in [0.05, 0.1) is 21.4 Å². The number of nitrogens with one attached hydrogen (secondary N) is 2. The van der Waals surface area contributed by atoms with Gasteiger partial charge in [-0.25, -0.2) is 9.97 Å². The number of aliphatic imine (C=N–C) groups is 1. The lowest BCUT2D eigenvalue weighted by molar-refractivity contribution is 0.788. The zero-order chi connectivity index (χ0) is 16.7. The fraction of sp³-hybridized carbons (Fsp3) is 0.562. The molecule has 0 unspecified atom stereocenters. The molecule has 2 aromatic heterocycles. The Balaban J connectivity index is 0.00000288. The molecule has 0 saturated heterocycles. The van der Waals surface area contributed by atoms with Crippen LogP contribution < -0.4 is 10.6 Å². The van der Waals surface area contributed by atoms with Crippen molar-refractivity contribution in [2.45, 2.75) is 40.5 Å². The number of rotatable bonds is 7. The third-order valence-corrected chi connectivity index (χ3v) is 5.25. The van der Waals surface area contributed by atoms with Gasteiger partial charge in [0.25, 0.3) is 0 Å². The Morgan fingerprint density at radius 3 is 2.50 bits per heavy atom. The number of hydrogen-bond donors (Lipinski definition) is 2. The van der Waals surface area contributed by atoms with E-state index in [0.29, 0.717) is 0 Å². The second-order valence-corrected chi connectivity index (χ2v) is 7.64. The first-order valence-electron chi connectivity index (χ1n) is 7.94. The Morgan fingerprint density at radius 1 is 1.12 bits per heavy atom. The Kier molecular flexibility index (Phi) is 9.75. The van der Waals surface area contributed by atoms with Crippen LogP contribution in [0.25, 0.3) is 0 Å². The summed E-state index contributed by atoms with van der Waals surface area (Å²) >= 11 is 3.47. The topological polar surface area (TPSA) is 62.2 Å². The van der Waals surface area contributed by atoms with E-state index in [0.717, 1.165) is 59.8 Å². The van der Waals surface area contributed by atoms with E-state index in [2.05, 4.69) is 51.7 Å². The van der Waals surface area contributed by atoms with Crippen LogP contribution >= 0.6 is 46.7 Å². The monoisotopic (exact) mass is 479 g/mol. The number of guanidine groups is 1. The first kappa shape index (κ1) is 21.3. The van der Waals surface area contributed by atoms with Gasteiger partial charge < -0.3 is 10.6 Å². The van der Waals surface area contributed by atoms with Crippen molar-refractivity contribution in [3.63, 3.8) is 0 Å². The van der Waals surface area contributed by atoms with Crippen LogP contribution in [-0.4, -0.2) is 35.6 Å². The lowest BCUT2D eigenvalue weighted by atomic mass is 10.3. The van der Waals surface area contributed by atoms with Crippen LogP contribution in [0.2, 0.25) is 0 Å². The van der Waals surface area contributed by atoms with E-state index >= 15 is 0 Å². The Labute approximate surface area is 169 Å². The Morgan fingerprint density at radius 2 is 1.92 bits per heavy atom. The third-order valence-electron chi connectivity index (χ3n) is 3.29. The van der Waals surface area contributed by atoms with Crippen LogP contribution in [0.4, 0.5) is 0 Å². The van der Waals surface area contributed by atoms with E-state index in [-0.39, 0.29) is 24.0 Å². The highest BCUT2D eigenvalue weighted by Crippen LogP contribution is 2.17. The number of thiazole rings is 2. The van der Waals surface area contributed by atoms with Crippen molar-refractivity contribution in [3.8, 4) is 0 Å². The second kappa shape index (κ2) is 11.0. The van der Waals surface area contributed by atoms with Gasteiger partial charge in [0.2, 0.25) is 0 Å². The largest absolute Gasteiger partial charge is 0.357 e. The van der Waals surface area contributed by atoms with Crippen molar-refractivity contribution in [1.29, 1.82) is 0 Å². The van der Waals surface area contributed by atoms with Crippen LogP contribution in [0.5, 0.6) is 0 Å². The molecule has 134 valence electrons. The van der Waals surface area contributed by atoms with Gasteiger partial charge in [-0.15, -0.1) is 46.7 Å². The number of nitrogens with zero attached hydrogens (tertiary/aromatic N) is 3. The maximum atomic E-state index is 4.65. The fourth-order valence-corrected chi connectivity index (χ4v) is 3.82. The van der Waals surface area contributed by atoms with Gasteiger partial charge in [0.1, 0.15) is 0 Å². The minimum atomic E-state index is 0. The van der Waals surface area contributed by atoms with Crippen LogP contribution in [0.1, 0.15) is 33.2 Å². The van der Waals surface area contributed by atoms with E-state index in [1.54, 1.807) is 22.7 Å². The summed E-state index contributed by atoms with van der Waals surface area (Å²) in [5.41, 5.74) is 2.28. The minimum Gasteiger partial charge on any atom is -0.357 e. The summed E-state index contributed by atoms with van der Waals surface area (Å²) in [6, 6.07) is 0. The van der Waals surface area contributed by atoms with E-state index in [4.69, 9.17) is 0 Å². The van der Waals surface area contributed by atoms with Gasteiger partial charge in [0.15, 0.2) is 5.96 Å². The smallest absolute Gasteiger partial charge is 0.191 e. The lowest BCUT2D eigenvalue weighted by Gasteiger charge is -2.10. The standard InChI is InChI=1S/C16H25N5S2.HI/c1-5-17-16(18-8-6-14-10-22-12(3)21-14)19-9-7-15-11(2)20-13(4)23-15;/h10H,5-9H2,1-4H3,(H2,17,18,19);1H. The summed E-state index contributed by atoms with van der Waals surface area (Å²) in [6.07, 6.45) is 1.86. The summed E-state index contributed by atoms with van der Waals surface area (Å²) < 4.78 is 0. The van der Waals surface area contributed by atoms with Crippen molar-refractivity contribution in [2.75, 3.05) is 19.6 Å². The first-order valence-corrected chi connectivity index (χ1v) is 9.64. The van der Waals surface area contributed by atoms with Crippen LogP contribution in [-0.2, 0) is 12.8 Å². The van der Waals surface area contributed by atoms with Crippen molar-refractivity contribution < 1.29 is 0 Å². The minimum absolute atomic E-state index is 0. The molecule has 0 radical (unpaired) electrons. The fourth-order valence-electron chi connectivity index (χ4n) is 2.25. The van der Waals surface area contributed by atoms with Crippen LogP contribution in [0.3, 0.4) is 0 Å². The van der Waals surface area contributed by atoms with Crippen molar-refractivity contribution >= 4 is 52.6 Å². The Bertz CT molecular complexity index is 651. The van der Waals surface area contributed by atoms with Crippen molar-refractivity contribution in [1.82, 2.24) is 20.6 Å². The SMILES string of the molecule is CCNC(=NCCc1sc(C)nc1C)NCCc1csc(C)n1.I. The molecule has 0 saturated carbocycles. The van der Waals surface area contributed by atoms with E-state index in [1.807, 2.05) is 6.92 Å². The number of aromatic nitrogens is 2. The number of halogens is 1. The van der Waals surface area contributed by atoms with Gasteiger partial charge >= 0.3 is 0 Å². The van der Waals surface area contributed by atoms with Gasteiger partial charge in [-0.3, -0.25) is 4.99 Å². The highest BCUT2D eigenvalue weighted by atomic mass is 127. The third kappa shape index (κ3) is 7.02. The molecule has 0 amide bonds. The molecule has 5 nitrogen and oxygen atoms in total. The molecule has 0 bridgehead atoms. The highest BCUT2D eigenvalue weighted by molar-refractivity contribution is 14.0. The highest BCUT2D eigenvalue weighted by Gasteiger charge is 2.05. The zero-order valence-electron chi connectivity index (χ0n) is 14.7. The number of aryl methyl sites for hydroxylation is 3. The zero-order valence-corrected chi connectivity index (χ0v) is 18.6. The normalized spacial score (nSPS) is 11.2. The average molecular weight is 479 g/mol. The van der Waals surface area contributed by atoms with Crippen LogP contribution in [0.15, 0.2) is 10.4 Å².